The van der Waals surface area contributed by atoms with E-state index in [0.29, 0.717) is 18.7 Å². The number of pyridine rings is 1. The van der Waals surface area contributed by atoms with Gasteiger partial charge in [0.2, 0.25) is 0 Å². The summed E-state index contributed by atoms with van der Waals surface area (Å²) in [5, 5.41) is 5.28. The highest BCUT2D eigenvalue weighted by molar-refractivity contribution is 6.05. The van der Waals surface area contributed by atoms with Gasteiger partial charge in [-0.2, -0.15) is 5.10 Å². The van der Waals surface area contributed by atoms with Crippen LogP contribution in [-0.4, -0.2) is 27.7 Å². The minimum Gasteiger partial charge on any atom is -0.497 e. The third kappa shape index (κ3) is 2.57. The van der Waals surface area contributed by atoms with E-state index in [2.05, 4.69) is 10.1 Å². The molecular weight excluding hydrogens is 278 g/mol. The van der Waals surface area contributed by atoms with Crippen molar-refractivity contribution in [2.75, 3.05) is 7.11 Å². The number of aromatic nitrogens is 3. The van der Waals surface area contributed by atoms with Crippen LogP contribution in [-0.2, 0) is 6.54 Å². The average Bonchev–Trinajstić information content (AvgIpc) is 2.94. The van der Waals surface area contributed by atoms with Crippen molar-refractivity contribution in [3.8, 4) is 5.75 Å². The minimum absolute atomic E-state index is 0.0338. The lowest BCUT2D eigenvalue weighted by Crippen LogP contribution is -2.05. The summed E-state index contributed by atoms with van der Waals surface area (Å²) in [7, 11) is 1.64. The summed E-state index contributed by atoms with van der Waals surface area (Å²) in [5.74, 6) is 0.848. The number of benzene rings is 1. The van der Waals surface area contributed by atoms with Gasteiger partial charge in [0.05, 0.1) is 19.0 Å². The second kappa shape index (κ2) is 5.97. The number of hydrogen-bond donors (Lipinski definition) is 0. The third-order valence-electron chi connectivity index (χ3n) is 3.58. The molecule has 1 aromatic carbocycles. The van der Waals surface area contributed by atoms with E-state index in [1.165, 1.54) is 0 Å². The molecule has 3 aromatic rings. The van der Waals surface area contributed by atoms with Crippen LogP contribution in [0.5, 0.6) is 5.75 Å². The molecule has 0 unspecified atom stereocenters. The summed E-state index contributed by atoms with van der Waals surface area (Å²) in [6.45, 7) is 2.40. The van der Waals surface area contributed by atoms with Gasteiger partial charge in [-0.1, -0.05) is 19.1 Å². The van der Waals surface area contributed by atoms with Gasteiger partial charge in [-0.25, -0.2) is 9.67 Å². The van der Waals surface area contributed by atoms with E-state index < -0.39 is 0 Å². The van der Waals surface area contributed by atoms with Gasteiger partial charge in [0.15, 0.2) is 11.4 Å². The largest absolute Gasteiger partial charge is 0.497 e. The van der Waals surface area contributed by atoms with Crippen molar-refractivity contribution in [1.29, 1.82) is 0 Å². The molecule has 0 aliphatic rings. The summed E-state index contributed by atoms with van der Waals surface area (Å²) in [5.41, 5.74) is 2.31. The molecule has 0 bridgehead atoms. The fourth-order valence-electron chi connectivity index (χ4n) is 2.40. The Morgan fingerprint density at radius 1 is 1.23 bits per heavy atom. The van der Waals surface area contributed by atoms with Crippen LogP contribution in [0.3, 0.4) is 0 Å². The van der Waals surface area contributed by atoms with Crippen LogP contribution in [0.15, 0.2) is 42.6 Å². The molecule has 2 aromatic heterocycles. The van der Waals surface area contributed by atoms with Gasteiger partial charge in [0, 0.05) is 12.6 Å². The highest BCUT2D eigenvalue weighted by Crippen LogP contribution is 2.19. The monoisotopic (exact) mass is 295 g/mol. The zero-order valence-corrected chi connectivity index (χ0v) is 12.6. The van der Waals surface area contributed by atoms with Gasteiger partial charge in [0.25, 0.3) is 0 Å². The maximum Gasteiger partial charge on any atom is 0.183 e. The zero-order valence-electron chi connectivity index (χ0n) is 12.6. The van der Waals surface area contributed by atoms with Gasteiger partial charge < -0.3 is 4.74 Å². The minimum atomic E-state index is 0.0338. The first-order chi connectivity index (χ1) is 10.7. The standard InChI is InChI=1S/C17H17N3O2/c1-3-15(21)16-14-5-4-10-18-17(14)20(19-16)11-12-6-8-13(22-2)9-7-12/h4-10H,3,11H2,1-2H3. The van der Waals surface area contributed by atoms with Crippen LogP contribution in [0.2, 0.25) is 0 Å². The quantitative estimate of drug-likeness (QED) is 0.679. The van der Waals surface area contributed by atoms with E-state index in [1.807, 2.05) is 43.3 Å². The van der Waals surface area contributed by atoms with E-state index in [9.17, 15) is 4.79 Å². The number of hydrogen-bond acceptors (Lipinski definition) is 4. The molecule has 0 saturated heterocycles. The lowest BCUT2D eigenvalue weighted by Gasteiger charge is -2.04. The van der Waals surface area contributed by atoms with Crippen molar-refractivity contribution >= 4 is 16.8 Å². The number of fused-ring (bicyclic) bond motifs is 1. The fourth-order valence-corrected chi connectivity index (χ4v) is 2.40. The maximum atomic E-state index is 12.1. The Labute approximate surface area is 128 Å². The predicted octanol–water partition coefficient (Wildman–Crippen LogP) is 3.08. The number of rotatable bonds is 5. The highest BCUT2D eigenvalue weighted by Gasteiger charge is 2.16. The lowest BCUT2D eigenvalue weighted by molar-refractivity contribution is 0.0984. The van der Waals surface area contributed by atoms with Crippen molar-refractivity contribution in [2.45, 2.75) is 19.9 Å². The van der Waals surface area contributed by atoms with Crippen LogP contribution in [0.25, 0.3) is 11.0 Å². The fraction of sp³-hybridized carbons (Fsp3) is 0.235. The first-order valence-electron chi connectivity index (χ1n) is 7.20. The van der Waals surface area contributed by atoms with Crippen molar-refractivity contribution in [1.82, 2.24) is 14.8 Å². The second-order valence-electron chi connectivity index (χ2n) is 5.01. The lowest BCUT2D eigenvalue weighted by atomic mass is 10.1. The number of ether oxygens (including phenoxy) is 1. The number of methoxy groups -OCH3 is 1. The van der Waals surface area contributed by atoms with Crippen molar-refractivity contribution in [3.63, 3.8) is 0 Å². The van der Waals surface area contributed by atoms with Crippen LogP contribution < -0.4 is 4.74 Å². The Morgan fingerprint density at radius 2 is 2.00 bits per heavy atom. The maximum absolute atomic E-state index is 12.1. The summed E-state index contributed by atoms with van der Waals surface area (Å²) < 4.78 is 6.94. The van der Waals surface area contributed by atoms with E-state index in [0.717, 1.165) is 22.3 Å². The van der Waals surface area contributed by atoms with E-state index in [1.54, 1.807) is 18.0 Å². The van der Waals surface area contributed by atoms with Gasteiger partial charge in [-0.15, -0.1) is 0 Å². The molecule has 0 saturated carbocycles. The molecule has 0 aliphatic heterocycles. The number of Topliss-reactive ketones (excluding diaryl/α,β-unsaturated/α-hetero) is 1. The number of nitrogens with zero attached hydrogens (tertiary/aromatic N) is 3. The SMILES string of the molecule is CCC(=O)c1nn(Cc2ccc(OC)cc2)c2ncccc12. The Bertz CT molecular complexity index is 806. The molecule has 0 radical (unpaired) electrons. The van der Waals surface area contributed by atoms with Crippen LogP contribution >= 0.6 is 0 Å². The van der Waals surface area contributed by atoms with Crippen molar-refractivity contribution < 1.29 is 9.53 Å². The Balaban J connectivity index is 2.01. The Kier molecular flexibility index (Phi) is 3.87. The second-order valence-corrected chi connectivity index (χ2v) is 5.01. The molecule has 0 spiro atoms. The molecule has 22 heavy (non-hydrogen) atoms. The highest BCUT2D eigenvalue weighted by atomic mass is 16.5. The molecular formula is C17H17N3O2. The summed E-state index contributed by atoms with van der Waals surface area (Å²) >= 11 is 0. The number of carbonyl (C=O) groups is 1. The Hall–Kier alpha value is -2.69. The van der Waals surface area contributed by atoms with Gasteiger partial charge in [-0.3, -0.25) is 4.79 Å². The van der Waals surface area contributed by atoms with E-state index >= 15 is 0 Å². The molecule has 5 nitrogen and oxygen atoms in total. The van der Waals surface area contributed by atoms with Crippen molar-refractivity contribution in [2.24, 2.45) is 0 Å². The molecule has 3 rings (SSSR count). The van der Waals surface area contributed by atoms with Crippen LogP contribution in [0.4, 0.5) is 0 Å². The van der Waals surface area contributed by atoms with Gasteiger partial charge in [-0.05, 0) is 29.8 Å². The average molecular weight is 295 g/mol. The molecule has 112 valence electrons. The summed E-state index contributed by atoms with van der Waals surface area (Å²) in [6.07, 6.45) is 2.15. The van der Waals surface area contributed by atoms with Crippen LogP contribution in [0.1, 0.15) is 29.4 Å². The predicted molar refractivity (Wildman–Crippen MR) is 84.2 cm³/mol. The molecule has 0 amide bonds. The first-order valence-corrected chi connectivity index (χ1v) is 7.20. The van der Waals surface area contributed by atoms with Crippen LogP contribution in [0, 0.1) is 0 Å². The topological polar surface area (TPSA) is 57.0 Å². The first kappa shape index (κ1) is 14.3. The molecule has 0 aliphatic carbocycles. The van der Waals surface area contributed by atoms with Gasteiger partial charge >= 0.3 is 0 Å². The molecule has 5 heteroatoms. The number of carbonyl (C=O) groups excluding carboxylic acids is 1. The zero-order chi connectivity index (χ0) is 15.5. The molecule has 2 heterocycles. The normalized spacial score (nSPS) is 10.8. The summed E-state index contributed by atoms with van der Waals surface area (Å²) in [4.78, 5) is 16.4. The Morgan fingerprint density at radius 3 is 2.68 bits per heavy atom. The molecule has 0 atom stereocenters. The van der Waals surface area contributed by atoms with E-state index in [-0.39, 0.29) is 5.78 Å². The van der Waals surface area contributed by atoms with E-state index in [4.69, 9.17) is 4.74 Å². The summed E-state index contributed by atoms with van der Waals surface area (Å²) in [6, 6.07) is 11.5. The number of ketones is 1. The molecule has 0 fully saturated rings. The van der Waals surface area contributed by atoms with Gasteiger partial charge in [0.1, 0.15) is 11.4 Å². The van der Waals surface area contributed by atoms with Crippen molar-refractivity contribution in [3.05, 3.63) is 53.9 Å². The third-order valence-corrected chi connectivity index (χ3v) is 3.58. The smallest absolute Gasteiger partial charge is 0.183 e. The molecule has 0 N–H and O–H groups in total.